The molecule has 0 aromatic carbocycles. The van der Waals surface area contributed by atoms with Gasteiger partial charge in [-0.3, -0.25) is 14.4 Å². The molecular formula is C11H17N3O4. The smallest absolute Gasteiger partial charge is 0.319 e. The van der Waals surface area contributed by atoms with Crippen LogP contribution >= 0.6 is 0 Å². The van der Waals surface area contributed by atoms with Gasteiger partial charge in [-0.25, -0.2) is 0 Å². The number of hydrogen-bond acceptors (Lipinski definition) is 4. The maximum atomic E-state index is 11.8. The normalized spacial score (nSPS) is 21.2. The summed E-state index contributed by atoms with van der Waals surface area (Å²) < 4.78 is 0. The number of nitrogens with one attached hydrogen (secondary N) is 2. The molecule has 1 saturated carbocycles. The lowest BCUT2D eigenvalue weighted by Crippen LogP contribution is -2.50. The Hall–Kier alpha value is -1.63. The van der Waals surface area contributed by atoms with Crippen LogP contribution < -0.4 is 10.6 Å². The molecule has 7 nitrogen and oxygen atoms in total. The second-order valence-electron chi connectivity index (χ2n) is 4.70. The van der Waals surface area contributed by atoms with E-state index < -0.39 is 17.3 Å². The van der Waals surface area contributed by atoms with Gasteiger partial charge in [0, 0.05) is 26.2 Å². The fraction of sp³-hybridized carbons (Fsp3) is 0.727. The zero-order chi connectivity index (χ0) is 13.2. The largest absolute Gasteiger partial charge is 0.480 e. The summed E-state index contributed by atoms with van der Waals surface area (Å²) >= 11 is 0. The Bertz CT molecular complexity index is 372. The molecular weight excluding hydrogens is 238 g/mol. The van der Waals surface area contributed by atoms with Crippen molar-refractivity contribution in [3.05, 3.63) is 0 Å². The molecule has 1 aliphatic carbocycles. The van der Waals surface area contributed by atoms with E-state index in [-0.39, 0.29) is 12.5 Å². The van der Waals surface area contributed by atoms with E-state index in [9.17, 15) is 14.4 Å². The number of rotatable bonds is 4. The monoisotopic (exact) mass is 255 g/mol. The third-order valence-corrected chi connectivity index (χ3v) is 3.46. The van der Waals surface area contributed by atoms with Crippen LogP contribution in [0, 0.1) is 5.41 Å². The Balaban J connectivity index is 1.79. The van der Waals surface area contributed by atoms with Crippen LogP contribution in [0.5, 0.6) is 0 Å². The standard InChI is InChI=1S/C11H17N3O4/c15-8(14-5-3-12-4-6-14)7-13-9(16)11(1-2-11)10(17)18/h12H,1-7H2,(H,13,16)(H,17,18). The quantitative estimate of drug-likeness (QED) is 0.525. The zero-order valence-electron chi connectivity index (χ0n) is 10.1. The van der Waals surface area contributed by atoms with Gasteiger partial charge in [0.25, 0.3) is 0 Å². The molecule has 0 unspecified atom stereocenters. The zero-order valence-corrected chi connectivity index (χ0v) is 10.1. The van der Waals surface area contributed by atoms with Crippen LogP contribution in [0.1, 0.15) is 12.8 Å². The van der Waals surface area contributed by atoms with Crippen LogP contribution in [0.4, 0.5) is 0 Å². The summed E-state index contributed by atoms with van der Waals surface area (Å²) in [6.45, 7) is 2.63. The van der Waals surface area contributed by atoms with Crippen molar-refractivity contribution in [2.75, 3.05) is 32.7 Å². The van der Waals surface area contributed by atoms with Crippen LogP contribution in [-0.4, -0.2) is 60.5 Å². The molecule has 2 rings (SSSR count). The second-order valence-corrected chi connectivity index (χ2v) is 4.70. The van der Waals surface area contributed by atoms with Crippen molar-refractivity contribution in [2.45, 2.75) is 12.8 Å². The number of amides is 2. The van der Waals surface area contributed by atoms with Crippen LogP contribution in [-0.2, 0) is 14.4 Å². The number of carboxylic acids is 1. The molecule has 1 aliphatic heterocycles. The fourth-order valence-corrected chi connectivity index (χ4v) is 2.01. The predicted molar refractivity (Wildman–Crippen MR) is 61.8 cm³/mol. The molecule has 0 aromatic heterocycles. The number of carbonyl (C=O) groups excluding carboxylic acids is 2. The van der Waals surface area contributed by atoms with Gasteiger partial charge in [0.1, 0.15) is 5.41 Å². The lowest BCUT2D eigenvalue weighted by molar-refractivity contribution is -0.149. The van der Waals surface area contributed by atoms with E-state index in [4.69, 9.17) is 5.11 Å². The Kier molecular flexibility index (Phi) is 3.51. The molecule has 18 heavy (non-hydrogen) atoms. The van der Waals surface area contributed by atoms with Crippen molar-refractivity contribution in [3.8, 4) is 0 Å². The predicted octanol–water partition coefficient (Wildman–Crippen LogP) is -1.60. The molecule has 100 valence electrons. The van der Waals surface area contributed by atoms with E-state index in [1.54, 1.807) is 4.90 Å². The van der Waals surface area contributed by atoms with E-state index in [1.807, 2.05) is 0 Å². The average Bonchev–Trinajstić information content (AvgIpc) is 3.18. The van der Waals surface area contributed by atoms with E-state index in [0.717, 1.165) is 13.1 Å². The van der Waals surface area contributed by atoms with Gasteiger partial charge >= 0.3 is 5.97 Å². The SMILES string of the molecule is O=C(CNC(=O)C1(C(=O)O)CC1)N1CCNCC1. The minimum atomic E-state index is -1.27. The van der Waals surface area contributed by atoms with E-state index in [0.29, 0.717) is 25.9 Å². The highest BCUT2D eigenvalue weighted by Gasteiger charge is 2.57. The van der Waals surface area contributed by atoms with Gasteiger partial charge in [-0.1, -0.05) is 0 Å². The van der Waals surface area contributed by atoms with Crippen molar-refractivity contribution in [3.63, 3.8) is 0 Å². The van der Waals surface area contributed by atoms with Gasteiger partial charge in [0.2, 0.25) is 11.8 Å². The summed E-state index contributed by atoms with van der Waals surface area (Å²) in [4.78, 5) is 36.0. The summed E-state index contributed by atoms with van der Waals surface area (Å²) in [6, 6.07) is 0. The summed E-state index contributed by atoms with van der Waals surface area (Å²) in [5.41, 5.74) is -1.27. The summed E-state index contributed by atoms with van der Waals surface area (Å²) in [5, 5.41) is 14.5. The second kappa shape index (κ2) is 4.93. The lowest BCUT2D eigenvalue weighted by atomic mass is 10.1. The van der Waals surface area contributed by atoms with Gasteiger partial charge in [-0.2, -0.15) is 0 Å². The number of hydrogen-bond donors (Lipinski definition) is 3. The van der Waals surface area contributed by atoms with Crippen molar-refractivity contribution < 1.29 is 19.5 Å². The number of nitrogens with zero attached hydrogens (tertiary/aromatic N) is 1. The van der Waals surface area contributed by atoms with Crippen LogP contribution in [0.2, 0.25) is 0 Å². The molecule has 1 heterocycles. The number of piperazine rings is 1. The molecule has 2 aliphatic rings. The third kappa shape index (κ3) is 2.45. The van der Waals surface area contributed by atoms with Crippen molar-refractivity contribution in [1.29, 1.82) is 0 Å². The average molecular weight is 255 g/mol. The molecule has 2 fully saturated rings. The van der Waals surface area contributed by atoms with Crippen LogP contribution in [0.15, 0.2) is 0 Å². The lowest BCUT2D eigenvalue weighted by Gasteiger charge is -2.27. The van der Waals surface area contributed by atoms with Crippen molar-refractivity contribution in [1.82, 2.24) is 15.5 Å². The highest BCUT2D eigenvalue weighted by molar-refractivity contribution is 6.05. The van der Waals surface area contributed by atoms with Crippen LogP contribution in [0.25, 0.3) is 0 Å². The van der Waals surface area contributed by atoms with Crippen LogP contribution in [0.3, 0.4) is 0 Å². The van der Waals surface area contributed by atoms with Crippen molar-refractivity contribution in [2.24, 2.45) is 5.41 Å². The molecule has 1 saturated heterocycles. The topological polar surface area (TPSA) is 98.7 Å². The van der Waals surface area contributed by atoms with E-state index >= 15 is 0 Å². The van der Waals surface area contributed by atoms with Crippen molar-refractivity contribution >= 4 is 17.8 Å². The Morgan fingerprint density at radius 2 is 1.83 bits per heavy atom. The summed E-state index contributed by atoms with van der Waals surface area (Å²) in [6.07, 6.45) is 0.714. The summed E-state index contributed by atoms with van der Waals surface area (Å²) in [7, 11) is 0. The first-order chi connectivity index (χ1) is 8.56. The fourth-order valence-electron chi connectivity index (χ4n) is 2.01. The van der Waals surface area contributed by atoms with E-state index in [2.05, 4.69) is 10.6 Å². The molecule has 3 N–H and O–H groups in total. The highest BCUT2D eigenvalue weighted by Crippen LogP contribution is 2.45. The molecule has 2 amide bonds. The van der Waals surface area contributed by atoms with Gasteiger partial charge in [0.05, 0.1) is 6.54 Å². The third-order valence-electron chi connectivity index (χ3n) is 3.46. The molecule has 0 radical (unpaired) electrons. The Morgan fingerprint density at radius 1 is 1.22 bits per heavy atom. The highest BCUT2D eigenvalue weighted by atomic mass is 16.4. The number of aliphatic carboxylic acids is 1. The first-order valence-corrected chi connectivity index (χ1v) is 6.06. The first-order valence-electron chi connectivity index (χ1n) is 6.06. The number of carbonyl (C=O) groups is 3. The minimum absolute atomic E-state index is 0.117. The maximum Gasteiger partial charge on any atom is 0.319 e. The Labute approximate surface area is 105 Å². The molecule has 0 atom stereocenters. The van der Waals surface area contributed by atoms with Gasteiger partial charge < -0.3 is 20.6 Å². The van der Waals surface area contributed by atoms with Gasteiger partial charge in [0.15, 0.2) is 0 Å². The Morgan fingerprint density at radius 3 is 2.33 bits per heavy atom. The van der Waals surface area contributed by atoms with Gasteiger partial charge in [-0.05, 0) is 12.8 Å². The molecule has 0 aromatic rings. The molecule has 0 bridgehead atoms. The summed E-state index contributed by atoms with van der Waals surface area (Å²) in [5.74, 6) is -1.81. The minimum Gasteiger partial charge on any atom is -0.480 e. The maximum absolute atomic E-state index is 11.8. The van der Waals surface area contributed by atoms with Gasteiger partial charge in [-0.15, -0.1) is 0 Å². The molecule has 7 heteroatoms. The first kappa shape index (κ1) is 12.8. The number of carboxylic acid groups (broad SMARTS) is 1. The molecule has 0 spiro atoms. The van der Waals surface area contributed by atoms with E-state index in [1.165, 1.54) is 0 Å².